The zero-order valence-corrected chi connectivity index (χ0v) is 20.1. The fourth-order valence-electron chi connectivity index (χ4n) is 4.11. The summed E-state index contributed by atoms with van der Waals surface area (Å²) in [6.07, 6.45) is -0.942. The van der Waals surface area contributed by atoms with E-state index in [1.165, 1.54) is 12.1 Å². The van der Waals surface area contributed by atoms with Crippen LogP contribution in [0.25, 0.3) is 22.4 Å². The van der Waals surface area contributed by atoms with Crippen LogP contribution in [-0.4, -0.2) is 63.3 Å². The number of benzene rings is 2. The summed E-state index contributed by atoms with van der Waals surface area (Å²) in [6, 6.07) is 8.72. The fourth-order valence-corrected chi connectivity index (χ4v) is 4.11. The largest absolute Gasteiger partial charge is 0.486 e. The number of hydrogen-bond donors (Lipinski definition) is 2. The molecule has 0 radical (unpaired) electrons. The first-order chi connectivity index (χ1) is 17.3. The maximum atomic E-state index is 13.6. The van der Waals surface area contributed by atoms with Gasteiger partial charge in [-0.15, -0.1) is 0 Å². The van der Waals surface area contributed by atoms with Gasteiger partial charge in [0.25, 0.3) is 0 Å². The molecule has 0 saturated carbocycles. The number of carbonyl (C=O) groups is 1. The molecule has 4 aromatic rings. The topological polar surface area (TPSA) is 99.4 Å². The van der Waals surface area contributed by atoms with E-state index in [2.05, 4.69) is 20.2 Å². The molecule has 0 fully saturated rings. The van der Waals surface area contributed by atoms with E-state index in [9.17, 15) is 13.6 Å². The van der Waals surface area contributed by atoms with E-state index in [0.29, 0.717) is 49.1 Å². The van der Waals surface area contributed by atoms with E-state index in [-0.39, 0.29) is 6.09 Å². The highest BCUT2D eigenvalue weighted by Gasteiger charge is 2.29. The van der Waals surface area contributed by atoms with Gasteiger partial charge in [0.2, 0.25) is 0 Å². The Bertz CT molecular complexity index is 1370. The van der Waals surface area contributed by atoms with Gasteiger partial charge in [-0.25, -0.2) is 18.6 Å². The van der Waals surface area contributed by atoms with E-state index in [0.717, 1.165) is 28.4 Å². The second kappa shape index (κ2) is 9.57. The molecule has 9 nitrogen and oxygen atoms in total. The number of likely N-dealkylation sites (N-methyl/N-ethyl adjacent to an activating group) is 1. The lowest BCUT2D eigenvalue weighted by Crippen LogP contribution is -2.29. The number of nitrogens with zero attached hydrogens (tertiary/aromatic N) is 4. The summed E-state index contributed by atoms with van der Waals surface area (Å²) in [5, 5.41) is 8.17. The first-order valence-electron chi connectivity index (χ1n) is 11.5. The smallest absolute Gasteiger partial charge is 0.410 e. The highest BCUT2D eigenvalue weighted by atomic mass is 19.1. The molecule has 0 spiro atoms. The maximum absolute atomic E-state index is 13.6. The number of fused-ring (bicyclic) bond motifs is 2. The van der Waals surface area contributed by atoms with Crippen molar-refractivity contribution in [1.82, 2.24) is 30.0 Å². The molecular formula is C25H26F2N6O3. The van der Waals surface area contributed by atoms with Gasteiger partial charge >= 0.3 is 6.09 Å². The molecule has 2 N–H and O–H groups in total. The number of ether oxygens (including phenoxy) is 2. The van der Waals surface area contributed by atoms with E-state index < -0.39 is 17.7 Å². The average Bonchev–Trinajstić information content (AvgIpc) is 3.50. The molecular weight excluding hydrogens is 470 g/mol. The Labute approximate surface area is 206 Å². The van der Waals surface area contributed by atoms with Gasteiger partial charge in [0, 0.05) is 18.0 Å². The SMILES string of the molecule is CC(Oc1ccc2[nH]nc(-c3nc4c([nH]3)CN(C(=O)OCCN(C)C)C4)c2c1)c1cc(F)cc(F)c1. The van der Waals surface area contributed by atoms with Gasteiger partial charge in [-0.1, -0.05) is 0 Å². The molecule has 11 heteroatoms. The predicted octanol–water partition coefficient (Wildman–Crippen LogP) is 4.39. The molecule has 0 bridgehead atoms. The highest BCUT2D eigenvalue weighted by Crippen LogP contribution is 2.32. The molecule has 1 unspecified atom stereocenters. The van der Waals surface area contributed by atoms with Crippen LogP contribution in [0.4, 0.5) is 13.6 Å². The standard InChI is InChI=1S/C25H26F2N6O3/c1-14(15-8-16(26)10-17(27)9-15)36-18-4-5-20-19(11-18)23(31-30-20)24-28-21-12-33(13-22(21)29-24)25(34)35-7-6-32(2)3/h4-5,8-11,14H,6-7,12-13H2,1-3H3,(H,28,29)(H,30,31). The Morgan fingerprint density at radius 1 is 1.17 bits per heavy atom. The van der Waals surface area contributed by atoms with Gasteiger partial charge in [0.05, 0.1) is 30.0 Å². The van der Waals surface area contributed by atoms with Crippen LogP contribution in [0.2, 0.25) is 0 Å². The molecule has 36 heavy (non-hydrogen) atoms. The van der Waals surface area contributed by atoms with Crippen molar-refractivity contribution in [2.24, 2.45) is 0 Å². The van der Waals surface area contributed by atoms with E-state index in [4.69, 9.17) is 9.47 Å². The summed E-state index contributed by atoms with van der Waals surface area (Å²) >= 11 is 0. The number of aromatic nitrogens is 4. The normalized spacial score (nSPS) is 13.9. The molecule has 1 amide bonds. The van der Waals surface area contributed by atoms with E-state index >= 15 is 0 Å². The average molecular weight is 497 g/mol. The van der Waals surface area contributed by atoms with Gasteiger partial charge in [-0.3, -0.25) is 10.00 Å². The number of nitrogens with one attached hydrogen (secondary N) is 2. The maximum Gasteiger partial charge on any atom is 0.410 e. The van der Waals surface area contributed by atoms with Crippen molar-refractivity contribution in [2.45, 2.75) is 26.1 Å². The Morgan fingerprint density at radius 2 is 1.94 bits per heavy atom. The molecule has 0 saturated heterocycles. The zero-order chi connectivity index (χ0) is 25.4. The Kier molecular flexibility index (Phi) is 6.31. The van der Waals surface area contributed by atoms with Gasteiger partial charge in [0.1, 0.15) is 35.8 Å². The molecule has 2 aromatic heterocycles. The molecule has 1 aliphatic heterocycles. The lowest BCUT2D eigenvalue weighted by molar-refractivity contribution is 0.0948. The number of imidazole rings is 1. The van der Waals surface area contributed by atoms with Gasteiger partial charge in [-0.2, -0.15) is 5.10 Å². The number of H-pyrrole nitrogens is 2. The molecule has 5 rings (SSSR count). The summed E-state index contributed by atoms with van der Waals surface area (Å²) in [6.45, 7) is 3.43. The third-order valence-electron chi connectivity index (χ3n) is 6.00. The highest BCUT2D eigenvalue weighted by molar-refractivity contribution is 5.92. The van der Waals surface area contributed by atoms with E-state index in [1.807, 2.05) is 31.1 Å². The summed E-state index contributed by atoms with van der Waals surface area (Å²) in [7, 11) is 3.83. The summed E-state index contributed by atoms with van der Waals surface area (Å²) in [5.74, 6) is -0.212. The summed E-state index contributed by atoms with van der Waals surface area (Å²) in [4.78, 5) is 23.8. The van der Waals surface area contributed by atoms with Gasteiger partial charge in [0.15, 0.2) is 5.82 Å². The van der Waals surface area contributed by atoms with Crippen LogP contribution >= 0.6 is 0 Å². The fraction of sp³-hybridized carbons (Fsp3) is 0.320. The van der Waals surface area contributed by atoms with Crippen molar-refractivity contribution in [3.8, 4) is 17.3 Å². The van der Waals surface area contributed by atoms with Crippen molar-refractivity contribution in [1.29, 1.82) is 0 Å². The van der Waals surface area contributed by atoms with Gasteiger partial charge in [-0.05, 0) is 56.9 Å². The Balaban J connectivity index is 1.31. The second-order valence-electron chi connectivity index (χ2n) is 9.03. The van der Waals surface area contributed by atoms with Crippen LogP contribution < -0.4 is 4.74 Å². The van der Waals surface area contributed by atoms with Crippen LogP contribution in [0.3, 0.4) is 0 Å². The third-order valence-corrected chi connectivity index (χ3v) is 6.00. The minimum atomic E-state index is -0.653. The number of halogens is 2. The van der Waals surface area contributed by atoms with E-state index in [1.54, 1.807) is 17.9 Å². The number of carbonyl (C=O) groups excluding carboxylic acids is 1. The Hall–Kier alpha value is -3.99. The quantitative estimate of drug-likeness (QED) is 0.394. The van der Waals surface area contributed by atoms with Crippen molar-refractivity contribution >= 4 is 17.0 Å². The zero-order valence-electron chi connectivity index (χ0n) is 20.1. The molecule has 1 atom stereocenters. The number of rotatable bonds is 7. The van der Waals surface area contributed by atoms with Crippen LogP contribution in [0, 0.1) is 11.6 Å². The van der Waals surface area contributed by atoms with Gasteiger partial charge < -0.3 is 19.4 Å². The molecule has 1 aliphatic rings. The lowest BCUT2D eigenvalue weighted by Gasteiger charge is -2.16. The number of hydrogen-bond acceptors (Lipinski definition) is 6. The first-order valence-corrected chi connectivity index (χ1v) is 11.5. The van der Waals surface area contributed by atoms with Crippen LogP contribution in [0.5, 0.6) is 5.75 Å². The van der Waals surface area contributed by atoms with Crippen LogP contribution in [0.1, 0.15) is 30.0 Å². The van der Waals surface area contributed by atoms with Crippen molar-refractivity contribution < 1.29 is 23.0 Å². The van der Waals surface area contributed by atoms with Crippen molar-refractivity contribution in [2.75, 3.05) is 27.2 Å². The number of amides is 1. The number of aromatic amines is 2. The summed E-state index contributed by atoms with van der Waals surface area (Å²) in [5.41, 5.74) is 3.38. The van der Waals surface area contributed by atoms with Crippen molar-refractivity contribution in [3.63, 3.8) is 0 Å². The first kappa shape index (κ1) is 23.7. The van der Waals surface area contributed by atoms with Crippen LogP contribution in [-0.2, 0) is 17.8 Å². The monoisotopic (exact) mass is 496 g/mol. The second-order valence-corrected chi connectivity index (χ2v) is 9.03. The third kappa shape index (κ3) is 4.87. The lowest BCUT2D eigenvalue weighted by atomic mass is 10.1. The molecule has 188 valence electrons. The van der Waals surface area contributed by atoms with Crippen LogP contribution in [0.15, 0.2) is 36.4 Å². The molecule has 0 aliphatic carbocycles. The predicted molar refractivity (Wildman–Crippen MR) is 128 cm³/mol. The summed E-state index contributed by atoms with van der Waals surface area (Å²) < 4.78 is 38.5. The van der Waals surface area contributed by atoms with Crippen molar-refractivity contribution in [3.05, 3.63) is 65.0 Å². The molecule has 3 heterocycles. The molecule has 2 aromatic carbocycles. The minimum Gasteiger partial charge on any atom is -0.486 e. The minimum absolute atomic E-state index is 0.325. The Morgan fingerprint density at radius 3 is 2.67 bits per heavy atom.